The molecule has 8 nitrogen and oxygen atoms in total. The van der Waals surface area contributed by atoms with Gasteiger partial charge in [-0.3, -0.25) is 4.79 Å². The molecule has 5 heterocycles. The molecule has 0 spiro atoms. The van der Waals surface area contributed by atoms with Gasteiger partial charge >= 0.3 is 0 Å². The van der Waals surface area contributed by atoms with Gasteiger partial charge in [-0.05, 0) is 44.9 Å². The van der Waals surface area contributed by atoms with Crippen LogP contribution >= 0.6 is 0 Å². The van der Waals surface area contributed by atoms with E-state index in [1.165, 1.54) is 0 Å². The number of hydrogen-bond donors (Lipinski definition) is 0. The topological polar surface area (TPSA) is 82.0 Å². The molecule has 1 fully saturated rings. The van der Waals surface area contributed by atoms with E-state index in [0.29, 0.717) is 41.8 Å². The summed E-state index contributed by atoms with van der Waals surface area (Å²) in [5.41, 5.74) is 1.97. The summed E-state index contributed by atoms with van der Waals surface area (Å²) in [6.45, 7) is 5.52. The number of aromatic nitrogens is 5. The summed E-state index contributed by atoms with van der Waals surface area (Å²) in [4.78, 5) is 24.4. The lowest BCUT2D eigenvalue weighted by molar-refractivity contribution is 0.0696. The van der Waals surface area contributed by atoms with E-state index in [4.69, 9.17) is 9.40 Å². The van der Waals surface area contributed by atoms with Crippen molar-refractivity contribution in [1.29, 1.82) is 0 Å². The van der Waals surface area contributed by atoms with Crippen LogP contribution in [0.1, 0.15) is 49.1 Å². The van der Waals surface area contributed by atoms with Crippen LogP contribution in [0.3, 0.4) is 0 Å². The Morgan fingerprint density at radius 1 is 1.27 bits per heavy atom. The molecule has 1 aliphatic rings. The Hall–Kier alpha value is -3.42. The maximum atomic E-state index is 13.5. The molecular weight excluding hydrogens is 380 g/mol. The van der Waals surface area contributed by atoms with E-state index in [9.17, 15) is 4.79 Å². The first kappa shape index (κ1) is 18.6. The minimum absolute atomic E-state index is 0.0163. The van der Waals surface area contributed by atoms with Gasteiger partial charge in [0.25, 0.3) is 5.91 Å². The normalized spacial score (nSPS) is 15.4. The Bertz CT molecular complexity index is 1150. The molecule has 4 aromatic heterocycles. The monoisotopic (exact) mass is 404 g/mol. The minimum Gasteiger partial charge on any atom is -0.463 e. The number of carbonyl (C=O) groups is 1. The summed E-state index contributed by atoms with van der Waals surface area (Å²) in [7, 11) is 0. The summed E-state index contributed by atoms with van der Waals surface area (Å²) in [5.74, 6) is 0.656. The third-order valence-electron chi connectivity index (χ3n) is 5.76. The molecular formula is C22H24N6O2. The number of carbonyl (C=O) groups excluding carboxylic acids is 1. The van der Waals surface area contributed by atoms with Crippen LogP contribution in [0, 0.1) is 0 Å². The van der Waals surface area contributed by atoms with E-state index in [0.717, 1.165) is 18.2 Å². The van der Waals surface area contributed by atoms with Crippen LogP contribution in [0.5, 0.6) is 0 Å². The molecule has 0 N–H and O–H groups in total. The number of furan rings is 1. The smallest absolute Gasteiger partial charge is 0.254 e. The molecule has 0 radical (unpaired) electrons. The quantitative estimate of drug-likeness (QED) is 0.514. The second kappa shape index (κ2) is 7.44. The van der Waals surface area contributed by atoms with E-state index in [1.54, 1.807) is 18.7 Å². The number of piperidine rings is 1. The zero-order valence-corrected chi connectivity index (χ0v) is 17.1. The van der Waals surface area contributed by atoms with Crippen molar-refractivity contribution in [3.05, 3.63) is 54.9 Å². The van der Waals surface area contributed by atoms with Gasteiger partial charge in [-0.15, -0.1) is 0 Å². The Kier molecular flexibility index (Phi) is 4.61. The number of fused-ring (bicyclic) bond motifs is 1. The second-order valence-electron chi connectivity index (χ2n) is 7.99. The minimum atomic E-state index is 0.0163. The van der Waals surface area contributed by atoms with Crippen molar-refractivity contribution in [3.63, 3.8) is 0 Å². The zero-order valence-electron chi connectivity index (χ0n) is 17.1. The maximum Gasteiger partial charge on any atom is 0.254 e. The summed E-state index contributed by atoms with van der Waals surface area (Å²) in [6, 6.07) is 6.03. The molecule has 154 valence electrons. The maximum absolute atomic E-state index is 13.5. The molecule has 0 saturated carbocycles. The molecule has 0 bridgehead atoms. The lowest BCUT2D eigenvalue weighted by Gasteiger charge is -2.32. The van der Waals surface area contributed by atoms with Crippen LogP contribution in [0.25, 0.3) is 22.5 Å². The van der Waals surface area contributed by atoms with Crippen molar-refractivity contribution >= 4 is 16.9 Å². The van der Waals surface area contributed by atoms with Gasteiger partial charge in [-0.2, -0.15) is 5.10 Å². The molecule has 1 saturated heterocycles. The Balaban J connectivity index is 1.49. The SMILES string of the molecule is CC(C)n1ncc2c(C(=O)N3CCC(n4ccnc4)CC3)cc(-c3ccco3)nc21. The number of hydrogen-bond acceptors (Lipinski definition) is 5. The fourth-order valence-electron chi connectivity index (χ4n) is 4.15. The van der Waals surface area contributed by atoms with E-state index < -0.39 is 0 Å². The van der Waals surface area contributed by atoms with E-state index in [2.05, 4.69) is 28.5 Å². The number of pyridine rings is 1. The zero-order chi connectivity index (χ0) is 20.7. The molecule has 0 atom stereocenters. The van der Waals surface area contributed by atoms with Gasteiger partial charge in [0.05, 0.1) is 29.7 Å². The van der Waals surface area contributed by atoms with Crippen molar-refractivity contribution in [2.45, 2.75) is 38.8 Å². The van der Waals surface area contributed by atoms with Crippen LogP contribution in [-0.2, 0) is 0 Å². The van der Waals surface area contributed by atoms with E-state index in [-0.39, 0.29) is 11.9 Å². The predicted octanol–water partition coefficient (Wildman–Crippen LogP) is 3.95. The van der Waals surface area contributed by atoms with Crippen molar-refractivity contribution in [3.8, 4) is 11.5 Å². The molecule has 0 aromatic carbocycles. The molecule has 8 heteroatoms. The first-order valence-electron chi connectivity index (χ1n) is 10.3. The van der Waals surface area contributed by atoms with Gasteiger partial charge in [0.1, 0.15) is 5.69 Å². The molecule has 5 rings (SSSR count). The van der Waals surface area contributed by atoms with Crippen molar-refractivity contribution in [2.75, 3.05) is 13.1 Å². The highest BCUT2D eigenvalue weighted by Gasteiger charge is 2.27. The van der Waals surface area contributed by atoms with Gasteiger partial charge in [0, 0.05) is 37.6 Å². The highest BCUT2D eigenvalue weighted by Crippen LogP contribution is 2.29. The van der Waals surface area contributed by atoms with Crippen molar-refractivity contribution in [2.24, 2.45) is 0 Å². The third-order valence-corrected chi connectivity index (χ3v) is 5.76. The highest BCUT2D eigenvalue weighted by atomic mass is 16.3. The van der Waals surface area contributed by atoms with Crippen LogP contribution < -0.4 is 0 Å². The Labute approximate surface area is 174 Å². The van der Waals surface area contributed by atoms with Gasteiger partial charge in [0.2, 0.25) is 0 Å². The largest absolute Gasteiger partial charge is 0.463 e. The second-order valence-corrected chi connectivity index (χ2v) is 7.99. The lowest BCUT2D eigenvalue weighted by atomic mass is 10.0. The Morgan fingerprint density at radius 3 is 2.77 bits per heavy atom. The molecule has 1 amide bonds. The number of likely N-dealkylation sites (tertiary alicyclic amines) is 1. The van der Waals surface area contributed by atoms with Gasteiger partial charge in [-0.25, -0.2) is 14.6 Å². The van der Waals surface area contributed by atoms with E-state index >= 15 is 0 Å². The first-order valence-corrected chi connectivity index (χ1v) is 10.3. The number of nitrogens with zero attached hydrogens (tertiary/aromatic N) is 6. The summed E-state index contributed by atoms with van der Waals surface area (Å²) < 4.78 is 9.54. The molecule has 4 aromatic rings. The lowest BCUT2D eigenvalue weighted by Crippen LogP contribution is -2.39. The number of amides is 1. The van der Waals surface area contributed by atoms with Crippen LogP contribution in [0.2, 0.25) is 0 Å². The van der Waals surface area contributed by atoms with E-state index in [1.807, 2.05) is 40.3 Å². The van der Waals surface area contributed by atoms with Crippen LogP contribution in [-0.4, -0.2) is 48.2 Å². The fraction of sp³-hybridized carbons (Fsp3) is 0.364. The van der Waals surface area contributed by atoms with Crippen molar-refractivity contribution in [1.82, 2.24) is 29.2 Å². The summed E-state index contributed by atoms with van der Waals surface area (Å²) in [5, 5.41) is 5.27. The molecule has 1 aliphatic heterocycles. The molecule has 30 heavy (non-hydrogen) atoms. The average Bonchev–Trinajstić information content (AvgIpc) is 3.54. The van der Waals surface area contributed by atoms with Gasteiger partial charge < -0.3 is 13.9 Å². The van der Waals surface area contributed by atoms with Gasteiger partial charge in [-0.1, -0.05) is 0 Å². The highest BCUT2D eigenvalue weighted by molar-refractivity contribution is 6.06. The van der Waals surface area contributed by atoms with Gasteiger partial charge in [0.15, 0.2) is 11.4 Å². The van der Waals surface area contributed by atoms with Crippen molar-refractivity contribution < 1.29 is 9.21 Å². The summed E-state index contributed by atoms with van der Waals surface area (Å²) in [6.07, 6.45) is 10.8. The molecule has 0 unspecified atom stereocenters. The third kappa shape index (κ3) is 3.18. The first-order chi connectivity index (χ1) is 14.6. The Morgan fingerprint density at radius 2 is 2.10 bits per heavy atom. The predicted molar refractivity (Wildman–Crippen MR) is 112 cm³/mol. The molecule has 0 aliphatic carbocycles. The fourth-order valence-corrected chi connectivity index (χ4v) is 4.15. The van der Waals surface area contributed by atoms with Crippen LogP contribution in [0.15, 0.2) is 53.8 Å². The van der Waals surface area contributed by atoms with Crippen LogP contribution in [0.4, 0.5) is 0 Å². The number of imidazole rings is 1. The number of rotatable bonds is 4. The standard InChI is InChI=1S/C22H24N6O2/c1-15(2)28-21-18(13-24-28)17(12-19(25-21)20-4-3-11-30-20)22(29)26-8-5-16(6-9-26)27-10-7-23-14-27/h3-4,7,10-16H,5-6,8-9H2,1-2H3. The average molecular weight is 404 g/mol. The summed E-state index contributed by atoms with van der Waals surface area (Å²) >= 11 is 0.